The Morgan fingerprint density at radius 1 is 1.47 bits per heavy atom. The van der Waals surface area contributed by atoms with Gasteiger partial charge in [0.1, 0.15) is 12.1 Å². The fourth-order valence-corrected chi connectivity index (χ4v) is 3.31. The molecule has 7 nitrogen and oxygen atoms in total. The second-order valence-electron chi connectivity index (χ2n) is 5.70. The van der Waals surface area contributed by atoms with Crippen LogP contribution < -0.4 is 16.8 Å². The molecular weight excluding hydrogens is 250 g/mol. The van der Waals surface area contributed by atoms with Crippen molar-refractivity contribution in [1.82, 2.24) is 5.32 Å². The predicted molar refractivity (Wildman–Crippen MR) is 67.1 cm³/mol. The summed E-state index contributed by atoms with van der Waals surface area (Å²) < 4.78 is 10.2. The number of carbonyl (C=O) groups is 2. The van der Waals surface area contributed by atoms with Gasteiger partial charge in [-0.05, 0) is 6.42 Å². The molecule has 0 aromatic heterocycles. The molecule has 19 heavy (non-hydrogen) atoms. The molecule has 1 saturated heterocycles. The number of primary amides is 1. The lowest BCUT2D eigenvalue weighted by Crippen LogP contribution is -2.80. The van der Waals surface area contributed by atoms with Crippen molar-refractivity contribution in [3.63, 3.8) is 0 Å². The van der Waals surface area contributed by atoms with E-state index in [0.29, 0.717) is 6.61 Å². The highest BCUT2D eigenvalue weighted by Crippen LogP contribution is 2.58. The summed E-state index contributed by atoms with van der Waals surface area (Å²) in [6.45, 7) is 4.78. The summed E-state index contributed by atoms with van der Waals surface area (Å²) in [4.78, 5) is 22.7. The molecule has 0 radical (unpaired) electrons. The van der Waals surface area contributed by atoms with Gasteiger partial charge in [-0.2, -0.15) is 0 Å². The zero-order valence-corrected chi connectivity index (χ0v) is 11.3. The molecule has 5 N–H and O–H groups in total. The van der Waals surface area contributed by atoms with E-state index in [-0.39, 0.29) is 31.1 Å². The topological polar surface area (TPSA) is 117 Å². The van der Waals surface area contributed by atoms with E-state index >= 15 is 0 Å². The number of amides is 2. The number of hydrogen-bond donors (Lipinski definition) is 3. The zero-order chi connectivity index (χ0) is 14.3. The Labute approximate surface area is 112 Å². The molecule has 1 saturated carbocycles. The maximum atomic E-state index is 12.3. The van der Waals surface area contributed by atoms with Gasteiger partial charge in [-0.15, -0.1) is 0 Å². The van der Waals surface area contributed by atoms with Crippen molar-refractivity contribution in [2.75, 3.05) is 19.8 Å². The molecule has 7 heteroatoms. The Morgan fingerprint density at radius 2 is 2.16 bits per heavy atom. The first-order valence-corrected chi connectivity index (χ1v) is 6.43. The van der Waals surface area contributed by atoms with E-state index in [0.717, 1.165) is 6.42 Å². The first-order valence-electron chi connectivity index (χ1n) is 6.43. The molecule has 108 valence electrons. The first-order chi connectivity index (χ1) is 8.81. The van der Waals surface area contributed by atoms with Crippen molar-refractivity contribution in [2.45, 2.75) is 31.9 Å². The van der Waals surface area contributed by atoms with Crippen LogP contribution in [-0.2, 0) is 14.3 Å². The molecule has 0 spiro atoms. The van der Waals surface area contributed by atoms with Crippen LogP contribution in [0.25, 0.3) is 0 Å². The van der Waals surface area contributed by atoms with Crippen LogP contribution in [0.4, 0.5) is 4.79 Å². The summed E-state index contributed by atoms with van der Waals surface area (Å²) in [7, 11) is 0. The second kappa shape index (κ2) is 4.64. The van der Waals surface area contributed by atoms with E-state index in [9.17, 15) is 9.59 Å². The molecule has 2 aliphatic rings. The maximum Gasteiger partial charge on any atom is 0.404 e. The average Bonchev–Trinajstić information content (AvgIpc) is 2.80. The van der Waals surface area contributed by atoms with Crippen LogP contribution in [0, 0.1) is 11.3 Å². The Bertz CT molecular complexity index is 398. The summed E-state index contributed by atoms with van der Waals surface area (Å²) >= 11 is 0. The highest BCUT2D eigenvalue weighted by molar-refractivity contribution is 5.89. The zero-order valence-electron chi connectivity index (χ0n) is 11.3. The molecule has 0 bridgehead atoms. The van der Waals surface area contributed by atoms with Gasteiger partial charge in [0.15, 0.2) is 0 Å². The fourth-order valence-electron chi connectivity index (χ4n) is 3.31. The predicted octanol–water partition coefficient (Wildman–Crippen LogP) is -0.660. The van der Waals surface area contributed by atoms with E-state index in [4.69, 9.17) is 16.2 Å². The third-order valence-corrected chi connectivity index (χ3v) is 4.46. The Morgan fingerprint density at radius 3 is 2.79 bits per heavy atom. The van der Waals surface area contributed by atoms with Crippen LogP contribution in [-0.4, -0.2) is 43.4 Å². The lowest BCUT2D eigenvalue weighted by molar-refractivity contribution is -0.175. The van der Waals surface area contributed by atoms with Gasteiger partial charge < -0.3 is 26.3 Å². The van der Waals surface area contributed by atoms with Crippen molar-refractivity contribution < 1.29 is 19.1 Å². The molecule has 0 aromatic rings. The van der Waals surface area contributed by atoms with Crippen molar-refractivity contribution in [1.29, 1.82) is 0 Å². The van der Waals surface area contributed by atoms with Crippen LogP contribution in [0.15, 0.2) is 0 Å². The lowest BCUT2D eigenvalue weighted by Gasteiger charge is -2.60. The van der Waals surface area contributed by atoms with Gasteiger partial charge in [0.25, 0.3) is 0 Å². The number of hydrogen-bond acceptors (Lipinski definition) is 5. The summed E-state index contributed by atoms with van der Waals surface area (Å²) in [5, 5.41) is 2.70. The van der Waals surface area contributed by atoms with E-state index < -0.39 is 17.0 Å². The standard InChI is InChI=1S/C12H21N3O4/c1-11(2)8-7(3-5-18-8)12(11,14)9(16)15-4-6-19-10(13)17/h7-8H,3-6,14H2,1-2H3,(H2,13,17)(H,15,16). The highest BCUT2D eigenvalue weighted by atomic mass is 16.5. The number of fused-ring (bicyclic) bond motifs is 1. The summed E-state index contributed by atoms with van der Waals surface area (Å²) in [6, 6.07) is 0. The van der Waals surface area contributed by atoms with E-state index in [2.05, 4.69) is 10.1 Å². The van der Waals surface area contributed by atoms with E-state index in [1.807, 2.05) is 13.8 Å². The molecule has 2 rings (SSSR count). The van der Waals surface area contributed by atoms with Gasteiger partial charge in [-0.25, -0.2) is 4.79 Å². The molecular formula is C12H21N3O4. The molecule has 1 aliphatic carbocycles. The van der Waals surface area contributed by atoms with Gasteiger partial charge in [0.05, 0.1) is 12.6 Å². The number of nitrogens with one attached hydrogen (secondary N) is 1. The minimum atomic E-state index is -0.930. The van der Waals surface area contributed by atoms with Crippen LogP contribution in [0.5, 0.6) is 0 Å². The van der Waals surface area contributed by atoms with Gasteiger partial charge >= 0.3 is 6.09 Å². The normalized spacial score (nSPS) is 35.1. The minimum absolute atomic E-state index is 0.0438. The average molecular weight is 271 g/mol. The summed E-state index contributed by atoms with van der Waals surface area (Å²) in [6.07, 6.45) is -0.00874. The number of carbonyl (C=O) groups excluding carboxylic acids is 2. The van der Waals surface area contributed by atoms with Gasteiger partial charge in [-0.3, -0.25) is 4.79 Å². The third-order valence-electron chi connectivity index (χ3n) is 4.46. The Kier molecular flexibility index (Phi) is 3.44. The van der Waals surface area contributed by atoms with Gasteiger partial charge in [-0.1, -0.05) is 13.8 Å². The van der Waals surface area contributed by atoms with Crippen LogP contribution >= 0.6 is 0 Å². The van der Waals surface area contributed by atoms with Crippen molar-refractivity contribution in [3.05, 3.63) is 0 Å². The molecule has 1 aliphatic heterocycles. The SMILES string of the molecule is CC1(C)C2OCCC2C1(N)C(=O)NCCOC(N)=O. The fraction of sp³-hybridized carbons (Fsp3) is 0.833. The molecule has 2 fully saturated rings. The van der Waals surface area contributed by atoms with Gasteiger partial charge in [0.2, 0.25) is 5.91 Å². The van der Waals surface area contributed by atoms with Crippen molar-refractivity contribution >= 4 is 12.0 Å². The minimum Gasteiger partial charge on any atom is -0.448 e. The quantitative estimate of drug-likeness (QED) is 0.587. The Hall–Kier alpha value is -1.34. The molecule has 3 atom stereocenters. The molecule has 3 unspecified atom stereocenters. The van der Waals surface area contributed by atoms with Crippen molar-refractivity contribution in [3.8, 4) is 0 Å². The summed E-state index contributed by atoms with van der Waals surface area (Å²) in [5.41, 5.74) is 9.83. The number of ether oxygens (including phenoxy) is 2. The van der Waals surface area contributed by atoms with Gasteiger partial charge in [0, 0.05) is 17.9 Å². The smallest absolute Gasteiger partial charge is 0.404 e. The van der Waals surface area contributed by atoms with Crippen LogP contribution in [0.2, 0.25) is 0 Å². The largest absolute Gasteiger partial charge is 0.448 e. The van der Waals surface area contributed by atoms with Crippen molar-refractivity contribution in [2.24, 2.45) is 22.8 Å². The molecule has 2 amide bonds. The number of nitrogens with two attached hydrogens (primary N) is 2. The first kappa shape index (κ1) is 14.1. The molecule has 1 heterocycles. The highest BCUT2D eigenvalue weighted by Gasteiger charge is 2.71. The summed E-state index contributed by atoms with van der Waals surface area (Å²) in [5.74, 6) is -0.170. The lowest BCUT2D eigenvalue weighted by atomic mass is 9.48. The third kappa shape index (κ3) is 1.97. The van der Waals surface area contributed by atoms with Crippen LogP contribution in [0.3, 0.4) is 0 Å². The van der Waals surface area contributed by atoms with E-state index in [1.54, 1.807) is 0 Å². The number of rotatable bonds is 4. The maximum absolute atomic E-state index is 12.3. The van der Waals surface area contributed by atoms with E-state index in [1.165, 1.54) is 0 Å². The second-order valence-corrected chi connectivity index (χ2v) is 5.70. The Balaban J connectivity index is 1.92. The monoisotopic (exact) mass is 271 g/mol. The van der Waals surface area contributed by atoms with Crippen LogP contribution in [0.1, 0.15) is 20.3 Å². The molecule has 0 aromatic carbocycles.